The Hall–Kier alpha value is -1.20. The quantitative estimate of drug-likeness (QED) is 0.632. The summed E-state index contributed by atoms with van der Waals surface area (Å²) in [7, 11) is 0. The average molecular weight is 348 g/mol. The summed E-state index contributed by atoms with van der Waals surface area (Å²) in [6.45, 7) is 7.63. The maximum Gasteiger partial charge on any atom is 0.309 e. The maximum absolute atomic E-state index is 13.1. The van der Waals surface area contributed by atoms with Crippen LogP contribution in [0.4, 0.5) is 0 Å². The van der Waals surface area contributed by atoms with Crippen LogP contribution in [-0.2, 0) is 9.59 Å². The molecule has 4 aliphatic carbocycles. The predicted molar refractivity (Wildman–Crippen MR) is 90.7 cm³/mol. The smallest absolute Gasteiger partial charge is 0.309 e. The lowest BCUT2D eigenvalue weighted by atomic mass is 9.38. The Labute approximate surface area is 148 Å². The number of ketones is 1. The SMILES string of the molecule is C=C1C(=O)[C@@]23CC[C@@H]4[C@](C)(C(=O)O)CCC[C@@]4(C)[C@]2(O)[C@@H](O)C[C@@H]1C3. The molecule has 4 saturated carbocycles. The van der Waals surface area contributed by atoms with Crippen LogP contribution in [0, 0.1) is 28.1 Å². The molecule has 0 unspecified atom stereocenters. The molecule has 4 rings (SSSR count). The van der Waals surface area contributed by atoms with E-state index in [2.05, 4.69) is 6.58 Å². The average Bonchev–Trinajstić information content (AvgIpc) is 2.75. The maximum atomic E-state index is 13.1. The largest absolute Gasteiger partial charge is 0.481 e. The van der Waals surface area contributed by atoms with Crippen molar-refractivity contribution in [1.29, 1.82) is 0 Å². The Morgan fingerprint density at radius 3 is 2.56 bits per heavy atom. The van der Waals surface area contributed by atoms with Gasteiger partial charge in [0.25, 0.3) is 0 Å². The topological polar surface area (TPSA) is 94.8 Å². The molecular weight excluding hydrogens is 320 g/mol. The van der Waals surface area contributed by atoms with E-state index in [-0.39, 0.29) is 17.6 Å². The number of carbonyl (C=O) groups excluding carboxylic acids is 1. The number of hydrogen-bond acceptors (Lipinski definition) is 4. The molecule has 5 nitrogen and oxygen atoms in total. The second kappa shape index (κ2) is 4.74. The molecule has 5 heteroatoms. The highest BCUT2D eigenvalue weighted by Crippen LogP contribution is 2.72. The van der Waals surface area contributed by atoms with Crippen molar-refractivity contribution in [3.63, 3.8) is 0 Å². The number of rotatable bonds is 1. The molecule has 0 radical (unpaired) electrons. The van der Waals surface area contributed by atoms with Gasteiger partial charge in [-0.15, -0.1) is 0 Å². The molecule has 0 amide bonds. The lowest BCUT2D eigenvalue weighted by Gasteiger charge is -2.67. The van der Waals surface area contributed by atoms with E-state index in [0.717, 1.165) is 0 Å². The van der Waals surface area contributed by atoms with Gasteiger partial charge in [0.2, 0.25) is 0 Å². The van der Waals surface area contributed by atoms with E-state index in [1.54, 1.807) is 6.92 Å². The molecule has 4 aliphatic rings. The third-order valence-corrected chi connectivity index (χ3v) is 8.68. The Kier molecular flexibility index (Phi) is 3.27. The van der Waals surface area contributed by atoms with Gasteiger partial charge >= 0.3 is 5.97 Å². The van der Waals surface area contributed by atoms with Crippen LogP contribution < -0.4 is 0 Å². The molecule has 138 valence electrons. The molecular formula is C20H28O5. The zero-order chi connectivity index (χ0) is 18.4. The third-order valence-electron chi connectivity index (χ3n) is 8.68. The van der Waals surface area contributed by atoms with E-state index in [4.69, 9.17) is 0 Å². The van der Waals surface area contributed by atoms with Crippen LogP contribution in [0.25, 0.3) is 0 Å². The number of aliphatic carboxylic acids is 1. The number of hydrogen-bond donors (Lipinski definition) is 3. The summed E-state index contributed by atoms with van der Waals surface area (Å²) in [5.74, 6) is -1.25. The van der Waals surface area contributed by atoms with Gasteiger partial charge in [0, 0.05) is 5.41 Å². The summed E-state index contributed by atoms with van der Waals surface area (Å²) < 4.78 is 0. The van der Waals surface area contributed by atoms with E-state index in [9.17, 15) is 24.9 Å². The molecule has 0 aliphatic heterocycles. The molecule has 0 heterocycles. The van der Waals surface area contributed by atoms with E-state index in [1.807, 2.05) is 6.92 Å². The van der Waals surface area contributed by atoms with Crippen LogP contribution in [0.3, 0.4) is 0 Å². The van der Waals surface area contributed by atoms with Gasteiger partial charge in [-0.1, -0.05) is 19.9 Å². The second-order valence-electron chi connectivity index (χ2n) is 9.44. The Morgan fingerprint density at radius 2 is 1.92 bits per heavy atom. The van der Waals surface area contributed by atoms with Crippen molar-refractivity contribution < 1.29 is 24.9 Å². The number of carboxylic acid groups (broad SMARTS) is 1. The van der Waals surface area contributed by atoms with Crippen LogP contribution in [0.15, 0.2) is 12.2 Å². The molecule has 0 saturated heterocycles. The first-order chi connectivity index (χ1) is 11.5. The van der Waals surface area contributed by atoms with Gasteiger partial charge in [0.15, 0.2) is 5.78 Å². The zero-order valence-corrected chi connectivity index (χ0v) is 15.0. The van der Waals surface area contributed by atoms with E-state index in [0.29, 0.717) is 50.5 Å². The molecule has 0 aromatic heterocycles. The molecule has 0 aromatic carbocycles. The summed E-state index contributed by atoms with van der Waals surface area (Å²) in [6, 6.07) is 0. The van der Waals surface area contributed by atoms with Gasteiger partial charge in [0.05, 0.1) is 16.9 Å². The van der Waals surface area contributed by atoms with Crippen LogP contribution in [0.2, 0.25) is 0 Å². The Balaban J connectivity index is 1.91. The highest BCUT2D eigenvalue weighted by atomic mass is 16.4. The van der Waals surface area contributed by atoms with Crippen molar-refractivity contribution in [3.05, 3.63) is 12.2 Å². The number of aliphatic hydroxyl groups is 2. The van der Waals surface area contributed by atoms with Gasteiger partial charge in [-0.3, -0.25) is 9.59 Å². The fourth-order valence-corrected chi connectivity index (χ4v) is 7.39. The van der Waals surface area contributed by atoms with Gasteiger partial charge in [-0.25, -0.2) is 0 Å². The molecule has 0 aromatic rings. The minimum absolute atomic E-state index is 0.0580. The minimum Gasteiger partial charge on any atom is -0.481 e. The molecule has 2 bridgehead atoms. The van der Waals surface area contributed by atoms with Gasteiger partial charge in [-0.2, -0.15) is 0 Å². The van der Waals surface area contributed by atoms with E-state index < -0.39 is 33.9 Å². The van der Waals surface area contributed by atoms with Crippen molar-refractivity contribution in [1.82, 2.24) is 0 Å². The number of allylic oxidation sites excluding steroid dienone is 1. The molecule has 4 fully saturated rings. The van der Waals surface area contributed by atoms with E-state index in [1.165, 1.54) is 0 Å². The summed E-state index contributed by atoms with van der Waals surface area (Å²) in [5, 5.41) is 32.9. The minimum atomic E-state index is -1.58. The van der Waals surface area contributed by atoms with Crippen molar-refractivity contribution in [2.45, 2.75) is 70.5 Å². The predicted octanol–water partition coefficient (Wildman–Crippen LogP) is 2.30. The summed E-state index contributed by atoms with van der Waals surface area (Å²) in [4.78, 5) is 25.2. The van der Waals surface area contributed by atoms with Crippen molar-refractivity contribution >= 4 is 11.8 Å². The first kappa shape index (κ1) is 17.2. The summed E-state index contributed by atoms with van der Waals surface area (Å²) in [6.07, 6.45) is 2.81. The number of fused-ring (bicyclic) bond motifs is 3. The van der Waals surface area contributed by atoms with Gasteiger partial charge in [-0.05, 0) is 62.9 Å². The first-order valence-electron chi connectivity index (χ1n) is 9.42. The van der Waals surface area contributed by atoms with Crippen molar-refractivity contribution in [2.24, 2.45) is 28.1 Å². The monoisotopic (exact) mass is 348 g/mol. The fraction of sp³-hybridized carbons (Fsp3) is 0.800. The lowest BCUT2D eigenvalue weighted by Crippen LogP contribution is -2.74. The van der Waals surface area contributed by atoms with Crippen molar-refractivity contribution in [2.75, 3.05) is 0 Å². The van der Waals surface area contributed by atoms with E-state index >= 15 is 0 Å². The molecule has 7 atom stereocenters. The number of Topliss-reactive ketones (excluding diaryl/α,β-unsaturated/α-hetero) is 1. The highest BCUT2D eigenvalue weighted by molar-refractivity contribution is 6.04. The second-order valence-corrected chi connectivity index (χ2v) is 9.44. The summed E-state index contributed by atoms with van der Waals surface area (Å²) in [5.41, 5.74) is -3.75. The standard InChI is InChI=1S/C20H28O5/c1-11-12-9-14(21)20(25)18(3)7-4-6-17(2,16(23)24)13(18)5-8-19(20,10-12)15(11)22/h12-14,21,25H,1,4-10H2,2-3H3,(H,23,24)/t12-,13-,14+,17-,18-,19+,20-/m1/s1. The van der Waals surface area contributed by atoms with Gasteiger partial charge in [0.1, 0.15) is 5.60 Å². The van der Waals surface area contributed by atoms with Crippen LogP contribution >= 0.6 is 0 Å². The first-order valence-corrected chi connectivity index (χ1v) is 9.42. The number of carbonyl (C=O) groups is 2. The Morgan fingerprint density at radius 1 is 1.24 bits per heavy atom. The lowest BCUT2D eigenvalue weighted by molar-refractivity contribution is -0.290. The molecule has 3 N–H and O–H groups in total. The molecule has 1 spiro atoms. The number of carboxylic acids is 1. The highest BCUT2D eigenvalue weighted by Gasteiger charge is 2.77. The van der Waals surface area contributed by atoms with Crippen molar-refractivity contribution in [3.8, 4) is 0 Å². The normalized spacial score (nSPS) is 54.8. The molecule has 25 heavy (non-hydrogen) atoms. The van der Waals surface area contributed by atoms with Crippen LogP contribution in [0.1, 0.15) is 58.8 Å². The van der Waals surface area contributed by atoms with Crippen LogP contribution in [0.5, 0.6) is 0 Å². The van der Waals surface area contributed by atoms with Gasteiger partial charge < -0.3 is 15.3 Å². The Bertz CT molecular complexity index is 686. The zero-order valence-electron chi connectivity index (χ0n) is 15.0. The number of aliphatic hydroxyl groups excluding tert-OH is 1. The third kappa shape index (κ3) is 1.63. The van der Waals surface area contributed by atoms with Crippen LogP contribution in [-0.4, -0.2) is 38.8 Å². The fourth-order valence-electron chi connectivity index (χ4n) is 7.39. The summed E-state index contributed by atoms with van der Waals surface area (Å²) >= 11 is 0.